The highest BCUT2D eigenvalue weighted by Gasteiger charge is 2.13. The van der Waals surface area contributed by atoms with Crippen molar-refractivity contribution in [2.24, 2.45) is 7.05 Å². The molecule has 102 valence electrons. The molecule has 2 heterocycles. The Bertz CT molecular complexity index is 877. The molecule has 0 aliphatic heterocycles. The van der Waals surface area contributed by atoms with Crippen LogP contribution in [0.2, 0.25) is 0 Å². The fourth-order valence-corrected chi connectivity index (χ4v) is 1.95. The number of anilines is 1. The number of fused-ring (bicyclic) bond motifs is 1. The van der Waals surface area contributed by atoms with E-state index in [4.69, 9.17) is 5.26 Å². The number of benzene rings is 1. The molecule has 0 unspecified atom stereocenters. The smallest absolute Gasteiger partial charge is 0.256 e. The Hall–Kier alpha value is -3.27. The van der Waals surface area contributed by atoms with E-state index >= 15 is 0 Å². The van der Waals surface area contributed by atoms with Gasteiger partial charge in [-0.25, -0.2) is 0 Å². The Balaban J connectivity index is 1.94. The first-order valence-corrected chi connectivity index (χ1v) is 6.13. The van der Waals surface area contributed by atoms with Crippen LogP contribution in [-0.2, 0) is 7.05 Å². The molecule has 1 amide bonds. The van der Waals surface area contributed by atoms with E-state index in [9.17, 15) is 4.79 Å². The van der Waals surface area contributed by atoms with Crippen LogP contribution in [0.1, 0.15) is 15.9 Å². The van der Waals surface area contributed by atoms with Crippen molar-refractivity contribution in [2.45, 2.75) is 0 Å². The molecule has 0 saturated heterocycles. The number of amides is 1. The summed E-state index contributed by atoms with van der Waals surface area (Å²) in [7, 11) is 1.66. The van der Waals surface area contributed by atoms with Crippen LogP contribution in [0.25, 0.3) is 11.0 Å². The summed E-state index contributed by atoms with van der Waals surface area (Å²) in [6, 6.07) is 7.02. The van der Waals surface area contributed by atoms with Gasteiger partial charge in [0.15, 0.2) is 0 Å². The van der Waals surface area contributed by atoms with Gasteiger partial charge in [0.1, 0.15) is 17.5 Å². The van der Waals surface area contributed by atoms with Crippen molar-refractivity contribution < 1.29 is 4.79 Å². The topological polar surface area (TPSA) is 96.5 Å². The SMILES string of the molecule is Cn1ncc(C#N)c1NC(=O)c1ccc2nccnc2c1. The summed E-state index contributed by atoms with van der Waals surface area (Å²) in [5.74, 6) is 0.0318. The van der Waals surface area contributed by atoms with Crippen LogP contribution in [0.3, 0.4) is 0 Å². The van der Waals surface area contributed by atoms with Gasteiger partial charge >= 0.3 is 0 Å². The lowest BCUT2D eigenvalue weighted by Gasteiger charge is -2.06. The summed E-state index contributed by atoms with van der Waals surface area (Å²) in [6.45, 7) is 0. The fourth-order valence-electron chi connectivity index (χ4n) is 1.95. The Labute approximate surface area is 119 Å². The number of nitriles is 1. The quantitative estimate of drug-likeness (QED) is 0.766. The monoisotopic (exact) mass is 278 g/mol. The average molecular weight is 278 g/mol. The van der Waals surface area contributed by atoms with E-state index < -0.39 is 0 Å². The van der Waals surface area contributed by atoms with Crippen LogP contribution >= 0.6 is 0 Å². The maximum Gasteiger partial charge on any atom is 0.256 e. The van der Waals surface area contributed by atoms with Crippen LogP contribution < -0.4 is 5.32 Å². The van der Waals surface area contributed by atoms with Crippen LogP contribution in [0.4, 0.5) is 5.82 Å². The molecule has 1 N–H and O–H groups in total. The Morgan fingerprint density at radius 3 is 2.81 bits per heavy atom. The van der Waals surface area contributed by atoms with Crippen LogP contribution in [0.5, 0.6) is 0 Å². The van der Waals surface area contributed by atoms with Gasteiger partial charge in [-0.05, 0) is 18.2 Å². The number of aromatic nitrogens is 4. The van der Waals surface area contributed by atoms with Crippen molar-refractivity contribution in [3.63, 3.8) is 0 Å². The van der Waals surface area contributed by atoms with Crippen molar-refractivity contribution in [1.29, 1.82) is 5.26 Å². The summed E-state index contributed by atoms with van der Waals surface area (Å²) < 4.78 is 1.44. The molecule has 3 aromatic rings. The number of aryl methyl sites for hydroxylation is 1. The van der Waals surface area contributed by atoms with E-state index in [-0.39, 0.29) is 5.91 Å². The van der Waals surface area contributed by atoms with E-state index in [2.05, 4.69) is 20.4 Å². The lowest BCUT2D eigenvalue weighted by molar-refractivity contribution is 0.102. The number of rotatable bonds is 2. The van der Waals surface area contributed by atoms with E-state index in [0.717, 1.165) is 0 Å². The molecule has 0 aliphatic carbocycles. The standard InChI is InChI=1S/C14H10N6O/c1-20-13(10(7-15)8-18-20)19-14(21)9-2-3-11-12(6-9)17-5-4-16-11/h2-6,8H,1H3,(H,19,21). The molecule has 0 fully saturated rings. The molecule has 0 saturated carbocycles. The van der Waals surface area contributed by atoms with E-state index in [1.165, 1.54) is 10.9 Å². The normalized spacial score (nSPS) is 10.3. The van der Waals surface area contributed by atoms with Gasteiger partial charge in [-0.15, -0.1) is 0 Å². The average Bonchev–Trinajstić information content (AvgIpc) is 2.87. The molecule has 2 aromatic heterocycles. The van der Waals surface area contributed by atoms with Gasteiger partial charge in [-0.2, -0.15) is 10.4 Å². The minimum Gasteiger partial charge on any atom is -0.306 e. The zero-order valence-corrected chi connectivity index (χ0v) is 11.1. The molecule has 3 rings (SSSR count). The third kappa shape index (κ3) is 2.30. The molecular formula is C14H10N6O. The highest BCUT2D eigenvalue weighted by molar-refractivity contribution is 6.05. The Morgan fingerprint density at radius 2 is 2.05 bits per heavy atom. The maximum atomic E-state index is 12.3. The van der Waals surface area contributed by atoms with Crippen molar-refractivity contribution in [2.75, 3.05) is 5.32 Å². The van der Waals surface area contributed by atoms with Gasteiger partial charge in [0.2, 0.25) is 0 Å². The maximum absolute atomic E-state index is 12.3. The third-order valence-electron chi connectivity index (χ3n) is 3.02. The second-order valence-corrected chi connectivity index (χ2v) is 4.36. The summed E-state index contributed by atoms with van der Waals surface area (Å²) in [5.41, 5.74) is 2.10. The van der Waals surface area contributed by atoms with Crippen LogP contribution in [0.15, 0.2) is 36.8 Å². The van der Waals surface area contributed by atoms with Gasteiger partial charge in [-0.1, -0.05) is 0 Å². The molecule has 7 nitrogen and oxygen atoms in total. The summed E-state index contributed by atoms with van der Waals surface area (Å²) in [6.07, 6.45) is 4.57. The van der Waals surface area contributed by atoms with Gasteiger partial charge in [0.05, 0.1) is 17.2 Å². The number of hydrogen-bond acceptors (Lipinski definition) is 5. The molecule has 0 aliphatic rings. The molecule has 0 atom stereocenters. The zero-order chi connectivity index (χ0) is 14.8. The molecule has 0 bridgehead atoms. The van der Waals surface area contributed by atoms with Crippen molar-refractivity contribution in [3.05, 3.63) is 47.9 Å². The van der Waals surface area contributed by atoms with Gasteiger partial charge in [0.25, 0.3) is 5.91 Å². The van der Waals surface area contributed by atoms with E-state index in [1.54, 1.807) is 37.6 Å². The molecular weight excluding hydrogens is 268 g/mol. The molecule has 1 aromatic carbocycles. The third-order valence-corrected chi connectivity index (χ3v) is 3.02. The Kier molecular flexibility index (Phi) is 3.04. The van der Waals surface area contributed by atoms with E-state index in [0.29, 0.717) is 28.0 Å². The zero-order valence-electron chi connectivity index (χ0n) is 11.1. The predicted octanol–water partition coefficient (Wildman–Crippen LogP) is 1.49. The number of carbonyl (C=O) groups is 1. The minimum absolute atomic E-state index is 0.312. The molecule has 0 spiro atoms. The summed E-state index contributed by atoms with van der Waals surface area (Å²) in [4.78, 5) is 20.6. The highest BCUT2D eigenvalue weighted by Crippen LogP contribution is 2.16. The Morgan fingerprint density at radius 1 is 1.29 bits per heavy atom. The number of hydrogen-bond donors (Lipinski definition) is 1. The number of carbonyl (C=O) groups excluding carboxylic acids is 1. The second-order valence-electron chi connectivity index (χ2n) is 4.36. The largest absolute Gasteiger partial charge is 0.306 e. The number of nitrogens with one attached hydrogen (secondary N) is 1. The first-order valence-electron chi connectivity index (χ1n) is 6.13. The number of nitrogens with zero attached hydrogens (tertiary/aromatic N) is 5. The molecule has 7 heteroatoms. The predicted molar refractivity (Wildman–Crippen MR) is 75.4 cm³/mol. The van der Waals surface area contributed by atoms with Crippen LogP contribution in [0, 0.1) is 11.3 Å². The lowest BCUT2D eigenvalue weighted by Crippen LogP contribution is -2.15. The van der Waals surface area contributed by atoms with Gasteiger partial charge < -0.3 is 5.32 Å². The fraction of sp³-hybridized carbons (Fsp3) is 0.0714. The van der Waals surface area contributed by atoms with Crippen molar-refractivity contribution in [1.82, 2.24) is 19.7 Å². The van der Waals surface area contributed by atoms with Crippen LogP contribution in [-0.4, -0.2) is 25.7 Å². The lowest BCUT2D eigenvalue weighted by atomic mass is 10.2. The highest BCUT2D eigenvalue weighted by atomic mass is 16.1. The van der Waals surface area contributed by atoms with E-state index in [1.807, 2.05) is 6.07 Å². The first kappa shape index (κ1) is 12.7. The van der Waals surface area contributed by atoms with Crippen molar-refractivity contribution >= 4 is 22.8 Å². The van der Waals surface area contributed by atoms with Gasteiger partial charge in [-0.3, -0.25) is 19.4 Å². The second kappa shape index (κ2) is 5.02. The van der Waals surface area contributed by atoms with Crippen molar-refractivity contribution in [3.8, 4) is 6.07 Å². The van der Waals surface area contributed by atoms with Gasteiger partial charge in [0, 0.05) is 25.0 Å². The minimum atomic E-state index is -0.331. The molecule has 0 radical (unpaired) electrons. The summed E-state index contributed by atoms with van der Waals surface area (Å²) >= 11 is 0. The summed E-state index contributed by atoms with van der Waals surface area (Å²) in [5, 5.41) is 15.6. The molecule has 21 heavy (non-hydrogen) atoms. The first-order chi connectivity index (χ1) is 10.2.